The van der Waals surface area contributed by atoms with Crippen LogP contribution in [0.3, 0.4) is 0 Å². The summed E-state index contributed by atoms with van der Waals surface area (Å²) in [4.78, 5) is 16.4. The maximum Gasteiger partial charge on any atom is 0.240 e. The summed E-state index contributed by atoms with van der Waals surface area (Å²) in [6, 6.07) is 7.72. The minimum absolute atomic E-state index is 0.0703. The van der Waals surface area contributed by atoms with Crippen LogP contribution in [-0.4, -0.2) is 15.2 Å². The van der Waals surface area contributed by atoms with Crippen LogP contribution < -0.4 is 5.32 Å². The molecule has 0 aliphatic rings. The number of halogens is 1. The van der Waals surface area contributed by atoms with Crippen LogP contribution in [-0.2, 0) is 4.79 Å². The molecule has 0 fully saturated rings. The Hall–Kier alpha value is -1.20. The SMILES string of the molecule is Cc1nc(-c2cccc(NC(=O)C(C)(C)Br)c2)cs1. The Morgan fingerprint density at radius 2 is 2.16 bits per heavy atom. The highest BCUT2D eigenvalue weighted by Crippen LogP contribution is 2.25. The van der Waals surface area contributed by atoms with Gasteiger partial charge in [-0.3, -0.25) is 4.79 Å². The van der Waals surface area contributed by atoms with Gasteiger partial charge in [0.2, 0.25) is 5.91 Å². The van der Waals surface area contributed by atoms with E-state index < -0.39 is 4.32 Å². The zero-order valence-corrected chi connectivity index (χ0v) is 13.4. The number of rotatable bonds is 3. The van der Waals surface area contributed by atoms with Crippen LogP contribution in [0.15, 0.2) is 29.6 Å². The van der Waals surface area contributed by atoms with Gasteiger partial charge in [0.05, 0.1) is 15.0 Å². The highest BCUT2D eigenvalue weighted by molar-refractivity contribution is 9.10. The number of aromatic nitrogens is 1. The smallest absolute Gasteiger partial charge is 0.240 e. The van der Waals surface area contributed by atoms with Gasteiger partial charge in [0.25, 0.3) is 0 Å². The van der Waals surface area contributed by atoms with Crippen molar-refractivity contribution >= 4 is 38.9 Å². The zero-order valence-electron chi connectivity index (χ0n) is 11.0. The molecule has 19 heavy (non-hydrogen) atoms. The summed E-state index contributed by atoms with van der Waals surface area (Å²) in [7, 11) is 0. The Morgan fingerprint density at radius 1 is 1.42 bits per heavy atom. The first-order valence-electron chi connectivity index (χ1n) is 5.89. The maximum absolute atomic E-state index is 11.9. The minimum Gasteiger partial charge on any atom is -0.325 e. The van der Waals surface area contributed by atoms with Crippen molar-refractivity contribution in [3.05, 3.63) is 34.7 Å². The molecule has 0 aliphatic heterocycles. The molecule has 5 heteroatoms. The third-order valence-electron chi connectivity index (χ3n) is 2.58. The molecule has 1 aromatic carbocycles. The Morgan fingerprint density at radius 3 is 2.74 bits per heavy atom. The van der Waals surface area contributed by atoms with Gasteiger partial charge in [-0.25, -0.2) is 4.98 Å². The summed E-state index contributed by atoms with van der Waals surface area (Å²) in [6.07, 6.45) is 0. The van der Waals surface area contributed by atoms with Crippen molar-refractivity contribution in [2.75, 3.05) is 5.32 Å². The minimum atomic E-state index is -0.583. The zero-order chi connectivity index (χ0) is 14.0. The van der Waals surface area contributed by atoms with Crippen LogP contribution in [0.2, 0.25) is 0 Å². The summed E-state index contributed by atoms with van der Waals surface area (Å²) in [6.45, 7) is 5.61. The summed E-state index contributed by atoms with van der Waals surface area (Å²) >= 11 is 4.96. The van der Waals surface area contributed by atoms with Crippen LogP contribution >= 0.6 is 27.3 Å². The first-order valence-corrected chi connectivity index (χ1v) is 7.56. The second kappa shape index (κ2) is 5.43. The van der Waals surface area contributed by atoms with E-state index in [0.717, 1.165) is 22.0 Å². The maximum atomic E-state index is 11.9. The summed E-state index contributed by atoms with van der Waals surface area (Å²) in [5, 5.41) is 5.94. The molecule has 0 unspecified atom stereocenters. The van der Waals surface area contributed by atoms with Crippen LogP contribution in [0.4, 0.5) is 5.69 Å². The Balaban J connectivity index is 2.23. The number of benzene rings is 1. The van der Waals surface area contributed by atoms with E-state index in [9.17, 15) is 4.79 Å². The standard InChI is InChI=1S/C14H15BrN2OS/c1-9-16-12(8-19-9)10-5-4-6-11(7-10)17-13(18)14(2,3)15/h4-8H,1-3H3,(H,17,18). The number of alkyl halides is 1. The van der Waals surface area contributed by atoms with Crippen molar-refractivity contribution in [1.29, 1.82) is 0 Å². The molecule has 0 radical (unpaired) electrons. The number of anilines is 1. The van der Waals surface area contributed by atoms with E-state index in [1.807, 2.05) is 50.4 Å². The molecule has 0 atom stereocenters. The third kappa shape index (κ3) is 3.64. The van der Waals surface area contributed by atoms with E-state index in [2.05, 4.69) is 26.2 Å². The van der Waals surface area contributed by atoms with Gasteiger partial charge >= 0.3 is 0 Å². The van der Waals surface area contributed by atoms with Crippen molar-refractivity contribution in [3.8, 4) is 11.3 Å². The molecule has 100 valence electrons. The van der Waals surface area contributed by atoms with E-state index in [4.69, 9.17) is 0 Å². The average Bonchev–Trinajstić information content (AvgIpc) is 2.75. The normalized spacial score (nSPS) is 11.4. The van der Waals surface area contributed by atoms with Crippen LogP contribution in [0, 0.1) is 6.92 Å². The van der Waals surface area contributed by atoms with Gasteiger partial charge in [-0.05, 0) is 32.9 Å². The predicted molar refractivity (Wildman–Crippen MR) is 83.9 cm³/mol. The van der Waals surface area contributed by atoms with E-state index in [1.165, 1.54) is 0 Å². The predicted octanol–water partition coefficient (Wildman–Crippen LogP) is 4.23. The lowest BCUT2D eigenvalue weighted by atomic mass is 10.1. The third-order valence-corrected chi connectivity index (χ3v) is 3.71. The lowest BCUT2D eigenvalue weighted by Gasteiger charge is -2.16. The topological polar surface area (TPSA) is 42.0 Å². The van der Waals surface area contributed by atoms with Crippen LogP contribution in [0.1, 0.15) is 18.9 Å². The van der Waals surface area contributed by atoms with Gasteiger partial charge in [-0.15, -0.1) is 11.3 Å². The molecule has 3 nitrogen and oxygen atoms in total. The Labute approximate surface area is 125 Å². The van der Waals surface area contributed by atoms with Gasteiger partial charge in [0.1, 0.15) is 0 Å². The number of carbonyl (C=O) groups excluding carboxylic acids is 1. The van der Waals surface area contributed by atoms with Gasteiger partial charge in [0.15, 0.2) is 0 Å². The molecular weight excluding hydrogens is 324 g/mol. The van der Waals surface area contributed by atoms with Crippen molar-refractivity contribution in [1.82, 2.24) is 4.98 Å². The number of amides is 1. The molecule has 1 heterocycles. The highest BCUT2D eigenvalue weighted by atomic mass is 79.9. The fourth-order valence-corrected chi connectivity index (χ4v) is 2.25. The van der Waals surface area contributed by atoms with E-state index in [-0.39, 0.29) is 5.91 Å². The summed E-state index contributed by atoms with van der Waals surface area (Å²) in [5.41, 5.74) is 2.73. The molecule has 0 spiro atoms. The van der Waals surface area contributed by atoms with Gasteiger partial charge < -0.3 is 5.32 Å². The summed E-state index contributed by atoms with van der Waals surface area (Å²) < 4.78 is -0.583. The van der Waals surface area contributed by atoms with Gasteiger partial charge in [-0.1, -0.05) is 28.1 Å². The van der Waals surface area contributed by atoms with E-state index >= 15 is 0 Å². The molecule has 0 aliphatic carbocycles. The van der Waals surface area contributed by atoms with Gasteiger partial charge in [0, 0.05) is 16.6 Å². The molecule has 0 saturated carbocycles. The van der Waals surface area contributed by atoms with E-state index in [1.54, 1.807) is 11.3 Å². The first kappa shape index (κ1) is 14.2. The lowest BCUT2D eigenvalue weighted by Crippen LogP contribution is -2.30. The fourth-order valence-electron chi connectivity index (χ4n) is 1.53. The number of nitrogens with one attached hydrogen (secondary N) is 1. The van der Waals surface area contributed by atoms with E-state index in [0.29, 0.717) is 0 Å². The number of thiazole rings is 1. The molecule has 1 amide bonds. The average molecular weight is 339 g/mol. The number of aryl methyl sites for hydroxylation is 1. The largest absolute Gasteiger partial charge is 0.325 e. The molecule has 0 bridgehead atoms. The number of hydrogen-bond donors (Lipinski definition) is 1. The molecular formula is C14H15BrN2OS. The molecule has 2 aromatic rings. The number of carbonyl (C=O) groups is 1. The Kier molecular flexibility index (Phi) is 4.06. The first-order chi connectivity index (χ1) is 8.86. The lowest BCUT2D eigenvalue weighted by molar-refractivity contribution is -0.117. The van der Waals surface area contributed by atoms with Crippen LogP contribution in [0.5, 0.6) is 0 Å². The molecule has 1 N–H and O–H groups in total. The number of nitrogens with zero attached hydrogens (tertiary/aromatic N) is 1. The Bertz CT molecular complexity index is 601. The number of hydrogen-bond acceptors (Lipinski definition) is 3. The monoisotopic (exact) mass is 338 g/mol. The molecule has 0 saturated heterocycles. The highest BCUT2D eigenvalue weighted by Gasteiger charge is 2.23. The quantitative estimate of drug-likeness (QED) is 0.851. The van der Waals surface area contributed by atoms with Crippen molar-refractivity contribution < 1.29 is 4.79 Å². The molecule has 1 aromatic heterocycles. The second-order valence-electron chi connectivity index (χ2n) is 4.76. The van der Waals surface area contributed by atoms with Crippen molar-refractivity contribution in [2.45, 2.75) is 25.1 Å². The van der Waals surface area contributed by atoms with Gasteiger partial charge in [-0.2, -0.15) is 0 Å². The van der Waals surface area contributed by atoms with Crippen molar-refractivity contribution in [2.24, 2.45) is 0 Å². The second-order valence-corrected chi connectivity index (χ2v) is 7.80. The molecule has 2 rings (SSSR count). The van der Waals surface area contributed by atoms with Crippen molar-refractivity contribution in [3.63, 3.8) is 0 Å². The summed E-state index contributed by atoms with van der Waals surface area (Å²) in [5.74, 6) is -0.0703. The fraction of sp³-hybridized carbons (Fsp3) is 0.286. The van der Waals surface area contributed by atoms with Crippen LogP contribution in [0.25, 0.3) is 11.3 Å².